The Hall–Kier alpha value is -2.04. The Labute approximate surface area is 165 Å². The number of hydrogen-bond acceptors (Lipinski definition) is 4. The van der Waals surface area contributed by atoms with E-state index in [1.54, 1.807) is 6.26 Å². The molecule has 0 fully saturated rings. The molecule has 5 nitrogen and oxygen atoms in total. The number of amides is 1. The molecule has 2 rings (SSSR count). The van der Waals surface area contributed by atoms with E-state index in [0.717, 1.165) is 24.3 Å². The highest BCUT2D eigenvalue weighted by Gasteiger charge is 2.27. The highest BCUT2D eigenvalue weighted by atomic mass is 32.2. The van der Waals surface area contributed by atoms with Gasteiger partial charge in [-0.3, -0.25) is 4.79 Å². The summed E-state index contributed by atoms with van der Waals surface area (Å²) >= 11 is 1.40. The summed E-state index contributed by atoms with van der Waals surface area (Å²) in [6.45, 7) is -0.190. The molecule has 0 radical (unpaired) electrons. The standard InChI is InChI=1S/C18H19F3N2O3S2/c1-27-7-6-16(23-28(25,26)17-5-3-2-4-15(17)21)18(24)22-11-12-8-13(19)10-14(20)9-12/h2-5,8-10,16,23H,6-7,11H2,1H3,(H,22,24). The minimum absolute atomic E-state index is 0.151. The Morgan fingerprint density at radius 3 is 2.36 bits per heavy atom. The average molecular weight is 432 g/mol. The highest BCUT2D eigenvalue weighted by Crippen LogP contribution is 2.15. The van der Waals surface area contributed by atoms with Crippen LogP contribution in [-0.2, 0) is 21.4 Å². The molecule has 0 bridgehead atoms. The maximum absolute atomic E-state index is 13.8. The van der Waals surface area contributed by atoms with E-state index < -0.39 is 44.3 Å². The molecule has 0 aliphatic heterocycles. The van der Waals surface area contributed by atoms with E-state index in [4.69, 9.17) is 0 Å². The Balaban J connectivity index is 2.13. The third kappa shape index (κ3) is 6.25. The summed E-state index contributed by atoms with van der Waals surface area (Å²) in [5.74, 6) is -2.73. The first-order valence-corrected chi connectivity index (χ1v) is 11.1. The predicted octanol–water partition coefficient (Wildman–Crippen LogP) is 2.82. The molecule has 0 aliphatic carbocycles. The summed E-state index contributed by atoms with van der Waals surface area (Å²) in [6, 6.07) is 6.47. The zero-order valence-corrected chi connectivity index (χ0v) is 16.5. The van der Waals surface area contributed by atoms with Crippen molar-refractivity contribution in [3.8, 4) is 0 Å². The molecule has 2 N–H and O–H groups in total. The lowest BCUT2D eigenvalue weighted by molar-refractivity contribution is -0.122. The number of carbonyl (C=O) groups excluding carboxylic acids is 1. The van der Waals surface area contributed by atoms with Gasteiger partial charge in [0.2, 0.25) is 15.9 Å². The molecular formula is C18H19F3N2O3S2. The Kier molecular flexibility index (Phi) is 7.90. The second-order valence-corrected chi connectivity index (χ2v) is 8.55. The summed E-state index contributed by atoms with van der Waals surface area (Å²) in [5, 5.41) is 2.45. The van der Waals surface area contributed by atoms with Gasteiger partial charge in [-0.1, -0.05) is 12.1 Å². The van der Waals surface area contributed by atoms with Gasteiger partial charge in [-0.25, -0.2) is 21.6 Å². The number of benzene rings is 2. The van der Waals surface area contributed by atoms with Crippen LogP contribution in [0, 0.1) is 17.5 Å². The number of rotatable bonds is 9. The average Bonchev–Trinajstić information content (AvgIpc) is 2.62. The fourth-order valence-corrected chi connectivity index (χ4v) is 4.20. The number of nitrogens with one attached hydrogen (secondary N) is 2. The summed E-state index contributed by atoms with van der Waals surface area (Å²) in [4.78, 5) is 11.9. The van der Waals surface area contributed by atoms with Gasteiger partial charge in [0, 0.05) is 12.6 Å². The lowest BCUT2D eigenvalue weighted by atomic mass is 10.2. The van der Waals surface area contributed by atoms with Gasteiger partial charge in [-0.15, -0.1) is 0 Å². The molecule has 28 heavy (non-hydrogen) atoms. The van der Waals surface area contributed by atoms with Crippen LogP contribution in [0.5, 0.6) is 0 Å². The molecule has 0 aliphatic rings. The van der Waals surface area contributed by atoms with Crippen LogP contribution in [0.25, 0.3) is 0 Å². The molecule has 2 aromatic carbocycles. The maximum Gasteiger partial charge on any atom is 0.244 e. The Morgan fingerprint density at radius 2 is 1.75 bits per heavy atom. The smallest absolute Gasteiger partial charge is 0.244 e. The summed E-state index contributed by atoms with van der Waals surface area (Å²) < 4.78 is 67.4. The summed E-state index contributed by atoms with van der Waals surface area (Å²) in [6.07, 6.45) is 1.94. The van der Waals surface area contributed by atoms with Crippen molar-refractivity contribution in [2.75, 3.05) is 12.0 Å². The van der Waals surface area contributed by atoms with Gasteiger partial charge in [-0.05, 0) is 48.3 Å². The van der Waals surface area contributed by atoms with Crippen molar-refractivity contribution >= 4 is 27.7 Å². The van der Waals surface area contributed by atoms with E-state index in [9.17, 15) is 26.4 Å². The molecule has 0 aromatic heterocycles. The quantitative estimate of drug-likeness (QED) is 0.639. The zero-order chi connectivity index (χ0) is 20.7. The number of halogens is 3. The van der Waals surface area contributed by atoms with Gasteiger partial charge in [-0.2, -0.15) is 16.5 Å². The second-order valence-electron chi connectivity index (χ2n) is 5.88. The molecule has 152 valence electrons. The molecule has 2 aromatic rings. The number of thioether (sulfide) groups is 1. The molecule has 10 heteroatoms. The summed E-state index contributed by atoms with van der Waals surface area (Å²) in [7, 11) is -4.28. The molecule has 0 spiro atoms. The normalized spacial score (nSPS) is 12.6. The number of hydrogen-bond donors (Lipinski definition) is 2. The van der Waals surface area contributed by atoms with Crippen molar-refractivity contribution in [3.63, 3.8) is 0 Å². The minimum Gasteiger partial charge on any atom is -0.351 e. The van der Waals surface area contributed by atoms with Crippen LogP contribution in [0.1, 0.15) is 12.0 Å². The third-order valence-electron chi connectivity index (χ3n) is 3.74. The molecule has 1 atom stereocenters. The minimum atomic E-state index is -4.28. The van der Waals surface area contributed by atoms with E-state index in [1.807, 2.05) is 0 Å². The van der Waals surface area contributed by atoms with Crippen molar-refractivity contribution < 1.29 is 26.4 Å². The summed E-state index contributed by atoms with van der Waals surface area (Å²) in [5.41, 5.74) is 0.187. The van der Waals surface area contributed by atoms with E-state index in [0.29, 0.717) is 11.8 Å². The van der Waals surface area contributed by atoms with E-state index in [1.165, 1.54) is 23.9 Å². The van der Waals surface area contributed by atoms with Crippen molar-refractivity contribution in [3.05, 3.63) is 65.5 Å². The Bertz CT molecular complexity index is 919. The Morgan fingerprint density at radius 1 is 1.11 bits per heavy atom. The van der Waals surface area contributed by atoms with Crippen molar-refractivity contribution in [2.45, 2.75) is 23.9 Å². The van der Waals surface area contributed by atoms with Crippen LogP contribution in [0.2, 0.25) is 0 Å². The van der Waals surface area contributed by atoms with Crippen molar-refractivity contribution in [1.29, 1.82) is 0 Å². The van der Waals surface area contributed by atoms with Gasteiger partial charge in [0.15, 0.2) is 0 Å². The van der Waals surface area contributed by atoms with Crippen LogP contribution >= 0.6 is 11.8 Å². The van der Waals surface area contributed by atoms with Gasteiger partial charge in [0.05, 0.1) is 0 Å². The first-order valence-electron chi connectivity index (χ1n) is 8.21. The van der Waals surface area contributed by atoms with Crippen LogP contribution in [-0.4, -0.2) is 32.4 Å². The maximum atomic E-state index is 13.8. The molecular weight excluding hydrogens is 413 g/mol. The van der Waals surface area contributed by atoms with Crippen molar-refractivity contribution in [1.82, 2.24) is 10.0 Å². The molecule has 1 amide bonds. The van der Waals surface area contributed by atoms with Gasteiger partial charge < -0.3 is 5.32 Å². The first-order chi connectivity index (χ1) is 13.2. The molecule has 1 unspecified atom stereocenters. The SMILES string of the molecule is CSCCC(NS(=O)(=O)c1ccccc1F)C(=O)NCc1cc(F)cc(F)c1. The largest absolute Gasteiger partial charge is 0.351 e. The fourth-order valence-electron chi connectivity index (χ4n) is 2.42. The van der Waals surface area contributed by atoms with Crippen LogP contribution in [0.3, 0.4) is 0 Å². The topological polar surface area (TPSA) is 75.3 Å². The zero-order valence-electron chi connectivity index (χ0n) is 14.9. The monoisotopic (exact) mass is 432 g/mol. The molecule has 0 saturated heterocycles. The van der Waals surface area contributed by atoms with Crippen molar-refractivity contribution in [2.24, 2.45) is 0 Å². The van der Waals surface area contributed by atoms with E-state index in [2.05, 4.69) is 10.0 Å². The predicted molar refractivity (Wildman–Crippen MR) is 102 cm³/mol. The fraction of sp³-hybridized carbons (Fsp3) is 0.278. The lowest BCUT2D eigenvalue weighted by Crippen LogP contribution is -2.46. The number of carbonyl (C=O) groups is 1. The van der Waals surface area contributed by atoms with Gasteiger partial charge >= 0.3 is 0 Å². The van der Waals surface area contributed by atoms with E-state index >= 15 is 0 Å². The van der Waals surface area contributed by atoms with E-state index in [-0.39, 0.29) is 18.5 Å². The lowest BCUT2D eigenvalue weighted by Gasteiger charge is -2.18. The van der Waals surface area contributed by atoms with Crippen LogP contribution in [0.4, 0.5) is 13.2 Å². The molecule has 0 saturated carbocycles. The third-order valence-corrected chi connectivity index (χ3v) is 5.89. The number of sulfonamides is 1. The second kappa shape index (κ2) is 9.94. The van der Waals surface area contributed by atoms with Crippen LogP contribution < -0.4 is 10.0 Å². The van der Waals surface area contributed by atoms with Gasteiger partial charge in [0.1, 0.15) is 28.4 Å². The van der Waals surface area contributed by atoms with Gasteiger partial charge in [0.25, 0.3) is 0 Å². The highest BCUT2D eigenvalue weighted by molar-refractivity contribution is 7.98. The first kappa shape index (κ1) is 22.3. The molecule has 0 heterocycles. The van der Waals surface area contributed by atoms with Crippen LogP contribution in [0.15, 0.2) is 47.4 Å².